The van der Waals surface area contributed by atoms with Gasteiger partial charge in [0.25, 0.3) is 0 Å². The molecule has 1 aliphatic heterocycles. The minimum absolute atomic E-state index is 0.0752. The number of amides is 1. The lowest BCUT2D eigenvalue weighted by Crippen LogP contribution is -2.41. The minimum atomic E-state index is -0.284. The molecule has 1 aromatic carbocycles. The fourth-order valence-electron chi connectivity index (χ4n) is 2.77. The molecule has 3 rings (SSSR count). The summed E-state index contributed by atoms with van der Waals surface area (Å²) in [7, 11) is 0. The second-order valence-corrected chi connectivity index (χ2v) is 5.40. The van der Waals surface area contributed by atoms with E-state index in [0.717, 1.165) is 5.56 Å². The van der Waals surface area contributed by atoms with Gasteiger partial charge in [-0.05, 0) is 29.8 Å². The Morgan fingerprint density at radius 3 is 2.59 bits per heavy atom. The van der Waals surface area contributed by atoms with Crippen molar-refractivity contribution in [2.75, 3.05) is 26.3 Å². The van der Waals surface area contributed by atoms with Crippen LogP contribution < -0.4 is 0 Å². The Morgan fingerprint density at radius 1 is 1.18 bits per heavy atom. The van der Waals surface area contributed by atoms with Gasteiger partial charge >= 0.3 is 0 Å². The van der Waals surface area contributed by atoms with E-state index in [1.807, 2.05) is 40.1 Å². The van der Waals surface area contributed by atoms with E-state index in [1.54, 1.807) is 6.07 Å². The van der Waals surface area contributed by atoms with Crippen LogP contribution in [0.3, 0.4) is 0 Å². The van der Waals surface area contributed by atoms with Crippen LogP contribution >= 0.6 is 0 Å². The zero-order valence-corrected chi connectivity index (χ0v) is 12.3. The Morgan fingerprint density at radius 2 is 1.91 bits per heavy atom. The van der Waals surface area contributed by atoms with Crippen LogP contribution in [0.1, 0.15) is 18.0 Å². The zero-order chi connectivity index (χ0) is 15.4. The summed E-state index contributed by atoms with van der Waals surface area (Å²) < 4.78 is 20.8. The van der Waals surface area contributed by atoms with E-state index >= 15 is 0 Å². The number of rotatable bonds is 4. The van der Waals surface area contributed by atoms with E-state index in [1.165, 1.54) is 12.1 Å². The molecule has 0 radical (unpaired) electrons. The Bertz CT molecular complexity index is 621. The maximum Gasteiger partial charge on any atom is 0.225 e. The third kappa shape index (κ3) is 3.36. The summed E-state index contributed by atoms with van der Waals surface area (Å²) in [5.74, 6) is -0.209. The SMILES string of the molecule is O=C(CC(c1cccc(F)c1)n1cccc1)N1CCOCC1. The number of nitrogens with zero attached hydrogens (tertiary/aromatic N) is 2. The molecule has 1 aromatic heterocycles. The van der Waals surface area contributed by atoms with Crippen LogP contribution in [0.2, 0.25) is 0 Å². The van der Waals surface area contributed by atoms with Gasteiger partial charge in [0.05, 0.1) is 25.7 Å². The van der Waals surface area contributed by atoms with Crippen molar-refractivity contribution in [3.8, 4) is 0 Å². The van der Waals surface area contributed by atoms with Crippen molar-refractivity contribution in [1.29, 1.82) is 0 Å². The van der Waals surface area contributed by atoms with Gasteiger partial charge in [-0.25, -0.2) is 4.39 Å². The maximum absolute atomic E-state index is 13.5. The highest BCUT2D eigenvalue weighted by atomic mass is 19.1. The van der Waals surface area contributed by atoms with Crippen molar-refractivity contribution in [3.05, 3.63) is 60.2 Å². The van der Waals surface area contributed by atoms with Crippen molar-refractivity contribution >= 4 is 5.91 Å². The van der Waals surface area contributed by atoms with E-state index in [-0.39, 0.29) is 17.8 Å². The van der Waals surface area contributed by atoms with E-state index in [0.29, 0.717) is 32.7 Å². The number of hydrogen-bond acceptors (Lipinski definition) is 2. The molecule has 4 nitrogen and oxygen atoms in total. The van der Waals surface area contributed by atoms with Crippen molar-refractivity contribution in [2.24, 2.45) is 0 Å². The second kappa shape index (κ2) is 6.75. The van der Waals surface area contributed by atoms with Gasteiger partial charge in [0.1, 0.15) is 5.82 Å². The number of benzene rings is 1. The number of halogens is 1. The molecule has 2 aromatic rings. The van der Waals surface area contributed by atoms with Crippen LogP contribution in [-0.2, 0) is 9.53 Å². The fourth-order valence-corrected chi connectivity index (χ4v) is 2.77. The summed E-state index contributed by atoms with van der Waals surface area (Å²) in [5, 5.41) is 0. The Labute approximate surface area is 129 Å². The molecule has 0 bridgehead atoms. The van der Waals surface area contributed by atoms with Gasteiger partial charge in [-0.3, -0.25) is 4.79 Å². The van der Waals surface area contributed by atoms with E-state index in [2.05, 4.69) is 0 Å². The molecule has 1 atom stereocenters. The second-order valence-electron chi connectivity index (χ2n) is 5.40. The van der Waals surface area contributed by atoms with E-state index < -0.39 is 0 Å². The summed E-state index contributed by atoms with van der Waals surface area (Å²) in [6, 6.07) is 10.1. The number of morpholine rings is 1. The Kier molecular flexibility index (Phi) is 4.53. The number of carbonyl (C=O) groups excluding carboxylic acids is 1. The maximum atomic E-state index is 13.5. The monoisotopic (exact) mass is 302 g/mol. The van der Waals surface area contributed by atoms with Crippen LogP contribution in [-0.4, -0.2) is 41.7 Å². The molecule has 0 aliphatic carbocycles. The average Bonchev–Trinajstić information content (AvgIpc) is 3.07. The normalized spacial score (nSPS) is 16.5. The van der Waals surface area contributed by atoms with Crippen LogP contribution in [0.5, 0.6) is 0 Å². The summed E-state index contributed by atoms with van der Waals surface area (Å²) >= 11 is 0. The van der Waals surface area contributed by atoms with Gasteiger partial charge in [0.2, 0.25) is 5.91 Å². The van der Waals surface area contributed by atoms with Crippen molar-refractivity contribution in [2.45, 2.75) is 12.5 Å². The van der Waals surface area contributed by atoms with Crippen molar-refractivity contribution < 1.29 is 13.9 Å². The van der Waals surface area contributed by atoms with Crippen LogP contribution in [0.25, 0.3) is 0 Å². The van der Waals surface area contributed by atoms with Crippen molar-refractivity contribution in [1.82, 2.24) is 9.47 Å². The molecule has 0 N–H and O–H groups in total. The summed E-state index contributed by atoms with van der Waals surface area (Å²) in [6.45, 7) is 2.42. The van der Waals surface area contributed by atoms with Gasteiger partial charge in [0.15, 0.2) is 0 Å². The molecule has 1 saturated heterocycles. The average molecular weight is 302 g/mol. The van der Waals surface area contributed by atoms with Gasteiger partial charge < -0.3 is 14.2 Å². The molecule has 22 heavy (non-hydrogen) atoms. The fraction of sp³-hybridized carbons (Fsp3) is 0.353. The van der Waals surface area contributed by atoms with Crippen LogP contribution in [0.15, 0.2) is 48.8 Å². The molecule has 1 aliphatic rings. The number of hydrogen-bond donors (Lipinski definition) is 0. The summed E-state index contributed by atoms with van der Waals surface area (Å²) in [6.07, 6.45) is 4.13. The molecule has 116 valence electrons. The number of ether oxygens (including phenoxy) is 1. The first kappa shape index (κ1) is 14.8. The summed E-state index contributed by atoms with van der Waals surface area (Å²) in [4.78, 5) is 14.3. The highest BCUT2D eigenvalue weighted by Crippen LogP contribution is 2.24. The predicted octanol–water partition coefficient (Wildman–Crippen LogP) is 2.47. The van der Waals surface area contributed by atoms with Crippen LogP contribution in [0, 0.1) is 5.82 Å². The first-order valence-electron chi connectivity index (χ1n) is 7.47. The third-order valence-electron chi connectivity index (χ3n) is 3.95. The van der Waals surface area contributed by atoms with Gasteiger partial charge in [0, 0.05) is 25.5 Å². The van der Waals surface area contributed by atoms with E-state index in [9.17, 15) is 9.18 Å². The Balaban J connectivity index is 1.81. The lowest BCUT2D eigenvalue weighted by Gasteiger charge is -2.29. The summed E-state index contributed by atoms with van der Waals surface area (Å²) in [5.41, 5.74) is 0.804. The standard InChI is InChI=1S/C17H19FN2O2/c18-15-5-3-4-14(12-15)16(19-6-1-2-7-19)13-17(21)20-8-10-22-11-9-20/h1-7,12,16H,8-11,13H2. The lowest BCUT2D eigenvalue weighted by atomic mass is 10.0. The van der Waals surface area contributed by atoms with Crippen LogP contribution in [0.4, 0.5) is 4.39 Å². The lowest BCUT2D eigenvalue weighted by molar-refractivity contribution is -0.135. The predicted molar refractivity (Wildman–Crippen MR) is 81.0 cm³/mol. The van der Waals surface area contributed by atoms with Gasteiger partial charge in [-0.15, -0.1) is 0 Å². The van der Waals surface area contributed by atoms with Gasteiger partial charge in [-0.2, -0.15) is 0 Å². The molecule has 2 heterocycles. The topological polar surface area (TPSA) is 34.5 Å². The largest absolute Gasteiger partial charge is 0.378 e. The number of aromatic nitrogens is 1. The first-order chi connectivity index (χ1) is 10.7. The Hall–Kier alpha value is -2.14. The molecule has 5 heteroatoms. The molecule has 1 fully saturated rings. The molecular weight excluding hydrogens is 283 g/mol. The first-order valence-corrected chi connectivity index (χ1v) is 7.47. The molecular formula is C17H19FN2O2. The quantitative estimate of drug-likeness (QED) is 0.869. The number of carbonyl (C=O) groups is 1. The zero-order valence-electron chi connectivity index (χ0n) is 12.3. The molecule has 1 unspecified atom stereocenters. The third-order valence-corrected chi connectivity index (χ3v) is 3.95. The highest BCUT2D eigenvalue weighted by Gasteiger charge is 2.23. The molecule has 1 amide bonds. The minimum Gasteiger partial charge on any atom is -0.378 e. The van der Waals surface area contributed by atoms with Gasteiger partial charge in [-0.1, -0.05) is 12.1 Å². The smallest absolute Gasteiger partial charge is 0.225 e. The molecule has 0 spiro atoms. The highest BCUT2D eigenvalue weighted by molar-refractivity contribution is 5.77. The van der Waals surface area contributed by atoms with Crippen molar-refractivity contribution in [3.63, 3.8) is 0 Å². The molecule has 0 saturated carbocycles. The van der Waals surface area contributed by atoms with E-state index in [4.69, 9.17) is 4.74 Å².